The van der Waals surface area contributed by atoms with Crippen LogP contribution in [0.1, 0.15) is 78.8 Å². The zero-order chi connectivity index (χ0) is 20.6. The second kappa shape index (κ2) is 8.06. The molecular formula is C22H29N5O3. The van der Waals surface area contributed by atoms with Gasteiger partial charge in [0, 0.05) is 38.4 Å². The Bertz CT molecular complexity index is 888. The molecule has 30 heavy (non-hydrogen) atoms. The number of aryl methyl sites for hydroxylation is 1. The van der Waals surface area contributed by atoms with Crippen LogP contribution in [0, 0.1) is 12.8 Å². The van der Waals surface area contributed by atoms with Gasteiger partial charge < -0.3 is 14.2 Å². The Hall–Kier alpha value is -2.35. The molecular weight excluding hydrogens is 382 g/mol. The number of nitrogens with zero attached hydrogens (tertiary/aromatic N) is 5. The monoisotopic (exact) mass is 411 g/mol. The molecule has 1 saturated carbocycles. The highest BCUT2D eigenvalue weighted by molar-refractivity contribution is 5.92. The van der Waals surface area contributed by atoms with Gasteiger partial charge in [-0.2, -0.15) is 4.98 Å². The lowest BCUT2D eigenvalue weighted by molar-refractivity contribution is 0.0601. The number of aromatic nitrogens is 4. The van der Waals surface area contributed by atoms with Crippen LogP contribution in [0.2, 0.25) is 0 Å². The van der Waals surface area contributed by atoms with Gasteiger partial charge in [-0.25, -0.2) is 4.98 Å². The highest BCUT2D eigenvalue weighted by Gasteiger charge is 2.46. The first kappa shape index (κ1) is 19.6. The summed E-state index contributed by atoms with van der Waals surface area (Å²) in [5.41, 5.74) is 0.972. The van der Waals surface area contributed by atoms with Crippen LogP contribution < -0.4 is 0 Å². The molecule has 1 unspecified atom stereocenters. The fraction of sp³-hybridized carbons (Fsp3) is 0.682. The predicted octanol–water partition coefficient (Wildman–Crippen LogP) is 3.04. The molecule has 8 nitrogen and oxygen atoms in total. The van der Waals surface area contributed by atoms with E-state index in [1.165, 1.54) is 12.8 Å². The topological polar surface area (TPSA) is 94.2 Å². The van der Waals surface area contributed by atoms with Gasteiger partial charge in [-0.05, 0) is 44.9 Å². The van der Waals surface area contributed by atoms with E-state index in [2.05, 4.69) is 15.1 Å². The smallest absolute Gasteiger partial charge is 0.274 e. The zero-order valence-corrected chi connectivity index (χ0v) is 17.5. The van der Waals surface area contributed by atoms with Crippen LogP contribution in [0.4, 0.5) is 0 Å². The third kappa shape index (κ3) is 3.97. The molecule has 1 aliphatic carbocycles. The number of hydrogen-bond acceptors (Lipinski definition) is 7. The maximum atomic E-state index is 13.1. The van der Waals surface area contributed by atoms with Gasteiger partial charge in [0.25, 0.3) is 5.91 Å². The second-order valence-corrected chi connectivity index (χ2v) is 9.14. The Morgan fingerprint density at radius 1 is 1.20 bits per heavy atom. The van der Waals surface area contributed by atoms with E-state index >= 15 is 0 Å². The summed E-state index contributed by atoms with van der Waals surface area (Å²) in [6.45, 7) is 4.70. The molecule has 2 aliphatic heterocycles. The molecule has 5 rings (SSSR count). The average Bonchev–Trinajstić information content (AvgIpc) is 3.44. The first-order valence-electron chi connectivity index (χ1n) is 11.1. The maximum Gasteiger partial charge on any atom is 0.274 e. The Kier molecular flexibility index (Phi) is 5.26. The van der Waals surface area contributed by atoms with Crippen molar-refractivity contribution in [1.29, 1.82) is 0 Å². The third-order valence-corrected chi connectivity index (χ3v) is 6.73. The van der Waals surface area contributed by atoms with Crippen LogP contribution in [-0.2, 0) is 10.2 Å². The van der Waals surface area contributed by atoms with E-state index in [0.29, 0.717) is 18.2 Å². The van der Waals surface area contributed by atoms with Gasteiger partial charge in [-0.1, -0.05) is 18.0 Å². The van der Waals surface area contributed by atoms with Crippen LogP contribution in [0.25, 0.3) is 0 Å². The molecule has 3 fully saturated rings. The van der Waals surface area contributed by atoms with E-state index in [4.69, 9.17) is 14.2 Å². The lowest BCUT2D eigenvalue weighted by Gasteiger charge is -2.41. The molecule has 1 amide bonds. The van der Waals surface area contributed by atoms with E-state index in [9.17, 15) is 4.79 Å². The Labute approximate surface area is 176 Å². The molecule has 4 heterocycles. The summed E-state index contributed by atoms with van der Waals surface area (Å²) in [4.78, 5) is 28.5. The van der Waals surface area contributed by atoms with Crippen LogP contribution >= 0.6 is 0 Å². The highest BCUT2D eigenvalue weighted by atomic mass is 16.5. The largest absolute Gasteiger partial charge is 0.381 e. The zero-order valence-electron chi connectivity index (χ0n) is 17.5. The summed E-state index contributed by atoms with van der Waals surface area (Å²) >= 11 is 0. The second-order valence-electron chi connectivity index (χ2n) is 9.14. The summed E-state index contributed by atoms with van der Waals surface area (Å²) in [7, 11) is 0. The number of likely N-dealkylation sites (tertiary alicyclic amines) is 1. The van der Waals surface area contributed by atoms with E-state index in [-0.39, 0.29) is 17.2 Å². The summed E-state index contributed by atoms with van der Waals surface area (Å²) in [5.74, 6) is 2.43. The van der Waals surface area contributed by atoms with Crippen LogP contribution in [0.3, 0.4) is 0 Å². The van der Waals surface area contributed by atoms with E-state index in [1.807, 2.05) is 11.8 Å². The van der Waals surface area contributed by atoms with Crippen molar-refractivity contribution < 1.29 is 14.1 Å². The minimum Gasteiger partial charge on any atom is -0.381 e. The van der Waals surface area contributed by atoms with Crippen molar-refractivity contribution in [3.8, 4) is 0 Å². The summed E-state index contributed by atoms with van der Waals surface area (Å²) in [6.07, 6.45) is 10.5. The lowest BCUT2D eigenvalue weighted by Crippen LogP contribution is -2.49. The molecule has 2 aromatic rings. The van der Waals surface area contributed by atoms with Crippen molar-refractivity contribution in [2.75, 3.05) is 26.3 Å². The minimum absolute atomic E-state index is 0.0597. The van der Waals surface area contributed by atoms with E-state index in [0.717, 1.165) is 69.3 Å². The lowest BCUT2D eigenvalue weighted by atomic mass is 9.74. The third-order valence-electron chi connectivity index (χ3n) is 6.73. The Morgan fingerprint density at radius 3 is 2.77 bits per heavy atom. The molecule has 2 aromatic heterocycles. The first-order chi connectivity index (χ1) is 14.6. The summed E-state index contributed by atoms with van der Waals surface area (Å²) in [5, 5.41) is 4.45. The number of piperidine rings is 1. The van der Waals surface area contributed by atoms with Crippen molar-refractivity contribution in [3.63, 3.8) is 0 Å². The van der Waals surface area contributed by atoms with Gasteiger partial charge in [0.05, 0.1) is 17.3 Å². The molecule has 2 saturated heterocycles. The maximum absolute atomic E-state index is 13.1. The highest BCUT2D eigenvalue weighted by Crippen LogP contribution is 2.46. The number of carbonyl (C=O) groups is 1. The molecule has 0 aromatic carbocycles. The molecule has 0 radical (unpaired) electrons. The molecule has 1 atom stereocenters. The Balaban J connectivity index is 1.39. The minimum atomic E-state index is -0.236. The molecule has 3 aliphatic rings. The Morgan fingerprint density at radius 2 is 2.03 bits per heavy atom. The number of amides is 1. The van der Waals surface area contributed by atoms with Crippen molar-refractivity contribution in [2.24, 2.45) is 5.92 Å². The molecule has 8 heteroatoms. The standard InChI is InChI=1S/C22H29N5O3/c1-15-12-24-18(13-23-15)20(28)27-8-2-7-22(14-27,11-16-3-4-16)21-25-19(30-26-21)17-5-9-29-10-6-17/h12-13,16-17H,2-11,14H2,1H3. The fourth-order valence-corrected chi connectivity index (χ4v) is 4.85. The fourth-order valence-electron chi connectivity index (χ4n) is 4.85. The summed E-state index contributed by atoms with van der Waals surface area (Å²) in [6, 6.07) is 0. The van der Waals surface area contributed by atoms with Crippen molar-refractivity contribution in [2.45, 2.75) is 63.2 Å². The molecule has 0 spiro atoms. The van der Waals surface area contributed by atoms with Crippen molar-refractivity contribution >= 4 is 5.91 Å². The van der Waals surface area contributed by atoms with Crippen LogP contribution in [0.15, 0.2) is 16.9 Å². The SMILES string of the molecule is Cc1cnc(C(=O)N2CCCC(CC3CC3)(c3noc(C4CCOCC4)n3)C2)cn1. The molecule has 160 valence electrons. The van der Waals surface area contributed by atoms with E-state index < -0.39 is 0 Å². The van der Waals surface area contributed by atoms with Gasteiger partial charge in [0.2, 0.25) is 5.89 Å². The first-order valence-corrected chi connectivity index (χ1v) is 11.1. The van der Waals surface area contributed by atoms with E-state index in [1.54, 1.807) is 12.4 Å². The normalized spacial score (nSPS) is 25.4. The van der Waals surface area contributed by atoms with Gasteiger partial charge in [-0.15, -0.1) is 0 Å². The average molecular weight is 412 g/mol. The van der Waals surface area contributed by atoms with Gasteiger partial charge >= 0.3 is 0 Å². The van der Waals surface area contributed by atoms with Crippen LogP contribution in [0.5, 0.6) is 0 Å². The summed E-state index contributed by atoms with van der Waals surface area (Å²) < 4.78 is 11.2. The van der Waals surface area contributed by atoms with Gasteiger partial charge in [0.15, 0.2) is 5.82 Å². The van der Waals surface area contributed by atoms with Crippen LogP contribution in [-0.4, -0.2) is 57.2 Å². The van der Waals surface area contributed by atoms with Gasteiger partial charge in [0.1, 0.15) is 5.69 Å². The van der Waals surface area contributed by atoms with Gasteiger partial charge in [-0.3, -0.25) is 9.78 Å². The quantitative estimate of drug-likeness (QED) is 0.746. The number of rotatable bonds is 5. The number of ether oxygens (including phenoxy) is 1. The molecule has 0 N–H and O–H groups in total. The molecule has 0 bridgehead atoms. The number of hydrogen-bond donors (Lipinski definition) is 0. The number of carbonyl (C=O) groups excluding carboxylic acids is 1. The predicted molar refractivity (Wildman–Crippen MR) is 108 cm³/mol. The van der Waals surface area contributed by atoms with Crippen molar-refractivity contribution in [1.82, 2.24) is 25.0 Å². The van der Waals surface area contributed by atoms with Crippen molar-refractivity contribution in [3.05, 3.63) is 35.5 Å².